The van der Waals surface area contributed by atoms with Crippen molar-refractivity contribution in [2.45, 2.75) is 26.3 Å². The first-order chi connectivity index (χ1) is 9.80. The molecular formula is C17H25N3. The molecule has 2 rings (SSSR count). The molecule has 3 nitrogen and oxygen atoms in total. The van der Waals surface area contributed by atoms with Crippen molar-refractivity contribution < 1.29 is 0 Å². The molecule has 0 radical (unpaired) electrons. The summed E-state index contributed by atoms with van der Waals surface area (Å²) in [6.45, 7) is 7.81. The van der Waals surface area contributed by atoms with E-state index in [2.05, 4.69) is 53.3 Å². The molecule has 20 heavy (non-hydrogen) atoms. The smallest absolute Gasteiger partial charge is 0.0346 e. The Morgan fingerprint density at radius 2 is 2.00 bits per heavy atom. The lowest BCUT2D eigenvalue weighted by Crippen LogP contribution is -2.28. The van der Waals surface area contributed by atoms with Crippen molar-refractivity contribution in [2.75, 3.05) is 26.7 Å². The van der Waals surface area contributed by atoms with E-state index in [1.165, 1.54) is 16.3 Å². The highest BCUT2D eigenvalue weighted by Crippen LogP contribution is 2.25. The fourth-order valence-corrected chi connectivity index (χ4v) is 2.76. The molecule has 0 aliphatic heterocycles. The van der Waals surface area contributed by atoms with Gasteiger partial charge in [0.25, 0.3) is 0 Å². The average molecular weight is 271 g/mol. The number of pyridine rings is 1. The highest BCUT2D eigenvalue weighted by molar-refractivity contribution is 5.85. The molecule has 1 heterocycles. The average Bonchev–Trinajstić information content (AvgIpc) is 2.51. The van der Waals surface area contributed by atoms with Crippen LogP contribution in [0.3, 0.4) is 0 Å². The number of fused-ring (bicyclic) bond motifs is 1. The number of benzene rings is 1. The largest absolute Gasteiger partial charge is 0.313 e. The van der Waals surface area contributed by atoms with Crippen molar-refractivity contribution in [3.8, 4) is 0 Å². The van der Waals surface area contributed by atoms with Gasteiger partial charge in [0, 0.05) is 23.8 Å². The minimum Gasteiger partial charge on any atom is -0.313 e. The summed E-state index contributed by atoms with van der Waals surface area (Å²) in [5, 5.41) is 5.99. The van der Waals surface area contributed by atoms with E-state index in [0.717, 1.165) is 26.1 Å². The quantitative estimate of drug-likeness (QED) is 0.838. The van der Waals surface area contributed by atoms with Gasteiger partial charge in [-0.3, -0.25) is 4.98 Å². The SMILES string of the molecule is CCN(CC)CCC(NC)c1cccc2cnccc12. The fourth-order valence-electron chi connectivity index (χ4n) is 2.76. The van der Waals surface area contributed by atoms with Crippen LogP contribution in [0.1, 0.15) is 31.9 Å². The Morgan fingerprint density at radius 1 is 1.20 bits per heavy atom. The second-order valence-electron chi connectivity index (χ2n) is 5.10. The minimum atomic E-state index is 0.390. The van der Waals surface area contributed by atoms with Crippen LogP contribution in [-0.2, 0) is 0 Å². The topological polar surface area (TPSA) is 28.2 Å². The summed E-state index contributed by atoms with van der Waals surface area (Å²) in [7, 11) is 2.05. The lowest BCUT2D eigenvalue weighted by Gasteiger charge is -2.23. The molecule has 0 aliphatic rings. The molecule has 1 aromatic heterocycles. The van der Waals surface area contributed by atoms with Crippen LogP contribution in [0.15, 0.2) is 36.7 Å². The molecule has 108 valence electrons. The molecule has 2 aromatic rings. The van der Waals surface area contributed by atoms with E-state index in [9.17, 15) is 0 Å². The lowest BCUT2D eigenvalue weighted by molar-refractivity contribution is 0.285. The standard InChI is InChI=1S/C17H25N3/c1-4-20(5-2)12-10-17(18-3)16-8-6-7-14-13-19-11-9-15(14)16/h6-9,11,13,17-18H,4-5,10,12H2,1-3H3. The first kappa shape index (κ1) is 14.9. The van der Waals surface area contributed by atoms with E-state index in [-0.39, 0.29) is 0 Å². The van der Waals surface area contributed by atoms with Gasteiger partial charge in [0.05, 0.1) is 0 Å². The number of nitrogens with zero attached hydrogens (tertiary/aromatic N) is 2. The highest BCUT2D eigenvalue weighted by Gasteiger charge is 2.13. The zero-order valence-corrected chi connectivity index (χ0v) is 12.8. The molecule has 1 unspecified atom stereocenters. The molecule has 1 aromatic carbocycles. The number of hydrogen-bond donors (Lipinski definition) is 1. The maximum Gasteiger partial charge on any atom is 0.0346 e. The van der Waals surface area contributed by atoms with Crippen LogP contribution >= 0.6 is 0 Å². The summed E-state index contributed by atoms with van der Waals surface area (Å²) in [5.41, 5.74) is 1.37. The zero-order valence-electron chi connectivity index (χ0n) is 12.8. The van der Waals surface area contributed by atoms with Crippen molar-refractivity contribution in [1.82, 2.24) is 15.2 Å². The third-order valence-electron chi connectivity index (χ3n) is 4.07. The molecule has 0 amide bonds. The Kier molecular flexibility index (Phi) is 5.50. The molecular weight excluding hydrogens is 246 g/mol. The van der Waals surface area contributed by atoms with E-state index in [1.54, 1.807) is 0 Å². The van der Waals surface area contributed by atoms with Gasteiger partial charge < -0.3 is 10.2 Å². The van der Waals surface area contributed by atoms with Gasteiger partial charge in [-0.2, -0.15) is 0 Å². The summed E-state index contributed by atoms with van der Waals surface area (Å²) in [4.78, 5) is 6.68. The Balaban J connectivity index is 2.21. The van der Waals surface area contributed by atoms with E-state index in [4.69, 9.17) is 0 Å². The molecule has 0 aliphatic carbocycles. The lowest BCUT2D eigenvalue weighted by atomic mass is 9.97. The minimum absolute atomic E-state index is 0.390. The van der Waals surface area contributed by atoms with Gasteiger partial charge in [0.2, 0.25) is 0 Å². The Morgan fingerprint density at radius 3 is 2.70 bits per heavy atom. The van der Waals surface area contributed by atoms with Crippen molar-refractivity contribution in [3.05, 3.63) is 42.2 Å². The molecule has 0 bridgehead atoms. The highest BCUT2D eigenvalue weighted by atomic mass is 15.1. The molecule has 1 atom stereocenters. The second kappa shape index (κ2) is 7.36. The van der Waals surface area contributed by atoms with Crippen LogP contribution in [0.25, 0.3) is 10.8 Å². The van der Waals surface area contributed by atoms with Gasteiger partial charge in [-0.25, -0.2) is 0 Å². The summed E-state index contributed by atoms with van der Waals surface area (Å²) in [6.07, 6.45) is 4.94. The maximum atomic E-state index is 4.21. The van der Waals surface area contributed by atoms with Gasteiger partial charge >= 0.3 is 0 Å². The van der Waals surface area contributed by atoms with Crippen molar-refractivity contribution in [3.63, 3.8) is 0 Å². The van der Waals surface area contributed by atoms with Gasteiger partial charge in [-0.15, -0.1) is 0 Å². The van der Waals surface area contributed by atoms with E-state index < -0.39 is 0 Å². The molecule has 0 saturated heterocycles. The Hall–Kier alpha value is -1.45. The molecule has 0 fully saturated rings. The normalized spacial score (nSPS) is 13.0. The molecule has 0 saturated carbocycles. The van der Waals surface area contributed by atoms with Crippen LogP contribution in [-0.4, -0.2) is 36.6 Å². The van der Waals surface area contributed by atoms with Crippen LogP contribution < -0.4 is 5.32 Å². The Labute approximate surface area is 122 Å². The van der Waals surface area contributed by atoms with Crippen LogP contribution in [0.5, 0.6) is 0 Å². The van der Waals surface area contributed by atoms with Gasteiger partial charge in [-0.05, 0) is 50.1 Å². The fraction of sp³-hybridized carbons (Fsp3) is 0.471. The van der Waals surface area contributed by atoms with E-state index in [0.29, 0.717) is 6.04 Å². The van der Waals surface area contributed by atoms with E-state index in [1.807, 2.05) is 19.4 Å². The predicted molar refractivity (Wildman–Crippen MR) is 85.9 cm³/mol. The zero-order chi connectivity index (χ0) is 14.4. The number of nitrogens with one attached hydrogen (secondary N) is 1. The second-order valence-corrected chi connectivity index (χ2v) is 5.10. The van der Waals surface area contributed by atoms with Crippen LogP contribution in [0.2, 0.25) is 0 Å². The first-order valence-electron chi connectivity index (χ1n) is 7.52. The van der Waals surface area contributed by atoms with Crippen molar-refractivity contribution in [2.24, 2.45) is 0 Å². The first-order valence-corrected chi connectivity index (χ1v) is 7.52. The Bertz CT molecular complexity index is 529. The summed E-state index contributed by atoms with van der Waals surface area (Å²) < 4.78 is 0. The predicted octanol–water partition coefficient (Wildman–Crippen LogP) is 3.23. The van der Waals surface area contributed by atoms with E-state index >= 15 is 0 Å². The summed E-state index contributed by atoms with van der Waals surface area (Å²) >= 11 is 0. The van der Waals surface area contributed by atoms with Crippen LogP contribution in [0, 0.1) is 0 Å². The van der Waals surface area contributed by atoms with Gasteiger partial charge in [0.15, 0.2) is 0 Å². The molecule has 3 heteroatoms. The van der Waals surface area contributed by atoms with Crippen LogP contribution in [0.4, 0.5) is 0 Å². The number of aromatic nitrogens is 1. The van der Waals surface area contributed by atoms with Gasteiger partial charge in [0.1, 0.15) is 0 Å². The van der Waals surface area contributed by atoms with Crippen molar-refractivity contribution in [1.29, 1.82) is 0 Å². The summed E-state index contributed by atoms with van der Waals surface area (Å²) in [6, 6.07) is 8.99. The molecule has 0 spiro atoms. The van der Waals surface area contributed by atoms with Crippen molar-refractivity contribution >= 4 is 10.8 Å². The van der Waals surface area contributed by atoms with Gasteiger partial charge in [-0.1, -0.05) is 32.0 Å². The monoisotopic (exact) mass is 271 g/mol. The third kappa shape index (κ3) is 3.35. The third-order valence-corrected chi connectivity index (χ3v) is 4.07. The molecule has 1 N–H and O–H groups in total. The maximum absolute atomic E-state index is 4.21. The number of rotatable bonds is 7. The number of hydrogen-bond acceptors (Lipinski definition) is 3. The summed E-state index contributed by atoms with van der Waals surface area (Å²) in [5.74, 6) is 0.